The Balaban J connectivity index is 1.67. The van der Waals surface area contributed by atoms with Crippen LogP contribution in [0.4, 0.5) is 0 Å². The van der Waals surface area contributed by atoms with Crippen LogP contribution in [-0.2, 0) is 6.42 Å². The van der Waals surface area contributed by atoms with Gasteiger partial charge >= 0.3 is 0 Å². The van der Waals surface area contributed by atoms with E-state index < -0.39 is 0 Å². The molecule has 1 aliphatic carbocycles. The molecule has 0 aliphatic heterocycles. The molecular weight excluding hydrogens is 304 g/mol. The summed E-state index contributed by atoms with van der Waals surface area (Å²) in [5.74, 6) is 0.899. The van der Waals surface area contributed by atoms with Crippen molar-refractivity contribution in [2.45, 2.75) is 6.42 Å². The van der Waals surface area contributed by atoms with Crippen molar-refractivity contribution in [1.29, 1.82) is 0 Å². The SMILES string of the molecule is COc1ccc2cc(-c3cccc4c3Cc3ccccc3-4)ccc2c1. The van der Waals surface area contributed by atoms with Crippen LogP contribution in [0.2, 0.25) is 0 Å². The van der Waals surface area contributed by atoms with E-state index in [4.69, 9.17) is 4.74 Å². The van der Waals surface area contributed by atoms with Gasteiger partial charge in [-0.3, -0.25) is 0 Å². The highest BCUT2D eigenvalue weighted by Gasteiger charge is 2.20. The largest absolute Gasteiger partial charge is 0.497 e. The van der Waals surface area contributed by atoms with Crippen molar-refractivity contribution in [3.8, 4) is 28.0 Å². The van der Waals surface area contributed by atoms with Gasteiger partial charge in [-0.05, 0) is 68.8 Å². The molecule has 4 aromatic carbocycles. The summed E-state index contributed by atoms with van der Waals surface area (Å²) in [7, 11) is 1.71. The van der Waals surface area contributed by atoms with Crippen molar-refractivity contribution in [1.82, 2.24) is 0 Å². The third-order valence-electron chi connectivity index (χ3n) is 5.21. The lowest BCUT2D eigenvalue weighted by molar-refractivity contribution is 0.415. The summed E-state index contributed by atoms with van der Waals surface area (Å²) in [6.07, 6.45) is 1.02. The van der Waals surface area contributed by atoms with E-state index in [2.05, 4.69) is 72.8 Å². The highest BCUT2D eigenvalue weighted by Crippen LogP contribution is 2.41. The van der Waals surface area contributed by atoms with Crippen molar-refractivity contribution < 1.29 is 4.74 Å². The standard InChI is InChI=1S/C24H18O/c1-25-20-12-11-16-13-19(10-9-17(16)14-20)22-7-4-8-23-21-6-3-2-5-18(21)15-24(22)23/h2-14H,15H2,1H3. The van der Waals surface area contributed by atoms with E-state index in [-0.39, 0.29) is 0 Å². The molecule has 0 atom stereocenters. The van der Waals surface area contributed by atoms with E-state index in [9.17, 15) is 0 Å². The molecule has 1 heteroatoms. The molecule has 0 amide bonds. The van der Waals surface area contributed by atoms with Crippen LogP contribution in [0.3, 0.4) is 0 Å². The van der Waals surface area contributed by atoms with Crippen LogP contribution in [0.1, 0.15) is 11.1 Å². The second-order valence-electron chi connectivity index (χ2n) is 6.59. The van der Waals surface area contributed by atoms with Crippen LogP contribution in [0.15, 0.2) is 78.9 Å². The molecule has 0 saturated heterocycles. The van der Waals surface area contributed by atoms with Gasteiger partial charge in [0.2, 0.25) is 0 Å². The average molecular weight is 322 g/mol. The number of fused-ring (bicyclic) bond motifs is 4. The van der Waals surface area contributed by atoms with Gasteiger partial charge in [-0.15, -0.1) is 0 Å². The Kier molecular flexibility index (Phi) is 3.14. The average Bonchev–Trinajstić information content (AvgIpc) is 3.06. The summed E-state index contributed by atoms with van der Waals surface area (Å²) in [5, 5.41) is 2.45. The van der Waals surface area contributed by atoms with E-state index in [0.717, 1.165) is 12.2 Å². The molecule has 0 saturated carbocycles. The minimum atomic E-state index is 0.899. The molecule has 5 rings (SSSR count). The molecule has 0 aromatic heterocycles. The molecular formula is C24H18O. The summed E-state index contributed by atoms with van der Waals surface area (Å²) < 4.78 is 5.33. The molecule has 0 heterocycles. The number of benzene rings is 4. The van der Waals surface area contributed by atoms with Gasteiger partial charge in [0.05, 0.1) is 7.11 Å². The minimum absolute atomic E-state index is 0.899. The summed E-state index contributed by atoms with van der Waals surface area (Å²) in [5.41, 5.74) is 8.24. The maximum atomic E-state index is 5.33. The number of hydrogen-bond acceptors (Lipinski definition) is 1. The molecule has 4 aromatic rings. The predicted octanol–water partition coefficient (Wildman–Crippen LogP) is 6.09. The Labute approximate surface area is 147 Å². The summed E-state index contributed by atoms with van der Waals surface area (Å²) >= 11 is 0. The van der Waals surface area contributed by atoms with Crippen LogP contribution in [0, 0.1) is 0 Å². The van der Waals surface area contributed by atoms with E-state index in [1.165, 1.54) is 44.2 Å². The number of rotatable bonds is 2. The van der Waals surface area contributed by atoms with Gasteiger partial charge in [-0.2, -0.15) is 0 Å². The van der Waals surface area contributed by atoms with Gasteiger partial charge in [0.25, 0.3) is 0 Å². The number of hydrogen-bond donors (Lipinski definition) is 0. The lowest BCUT2D eigenvalue weighted by atomic mass is 9.94. The van der Waals surface area contributed by atoms with E-state index >= 15 is 0 Å². The Morgan fingerprint density at radius 1 is 0.680 bits per heavy atom. The molecule has 25 heavy (non-hydrogen) atoms. The van der Waals surface area contributed by atoms with Crippen molar-refractivity contribution >= 4 is 10.8 Å². The molecule has 0 fully saturated rings. The summed E-state index contributed by atoms with van der Waals surface area (Å²) in [6.45, 7) is 0. The molecule has 1 nitrogen and oxygen atoms in total. The first-order valence-corrected chi connectivity index (χ1v) is 8.62. The Hall–Kier alpha value is -3.06. The Bertz CT molecular complexity index is 1110. The first-order valence-electron chi connectivity index (χ1n) is 8.62. The smallest absolute Gasteiger partial charge is 0.119 e. The van der Waals surface area contributed by atoms with Crippen molar-refractivity contribution in [3.63, 3.8) is 0 Å². The van der Waals surface area contributed by atoms with Gasteiger partial charge in [0, 0.05) is 0 Å². The number of ether oxygens (including phenoxy) is 1. The molecule has 120 valence electrons. The quantitative estimate of drug-likeness (QED) is 0.382. The fraction of sp³-hybridized carbons (Fsp3) is 0.0833. The molecule has 0 radical (unpaired) electrons. The highest BCUT2D eigenvalue weighted by molar-refractivity contribution is 5.91. The Morgan fingerprint density at radius 2 is 1.44 bits per heavy atom. The minimum Gasteiger partial charge on any atom is -0.497 e. The van der Waals surface area contributed by atoms with Crippen LogP contribution in [0.25, 0.3) is 33.0 Å². The first-order chi connectivity index (χ1) is 12.3. The van der Waals surface area contributed by atoms with Crippen LogP contribution < -0.4 is 4.74 Å². The van der Waals surface area contributed by atoms with Gasteiger partial charge in [-0.1, -0.05) is 60.7 Å². The zero-order valence-corrected chi connectivity index (χ0v) is 14.1. The highest BCUT2D eigenvalue weighted by atomic mass is 16.5. The normalized spacial score (nSPS) is 12.0. The third-order valence-corrected chi connectivity index (χ3v) is 5.21. The number of methoxy groups -OCH3 is 1. The summed E-state index contributed by atoms with van der Waals surface area (Å²) in [6, 6.07) is 28.3. The monoisotopic (exact) mass is 322 g/mol. The zero-order chi connectivity index (χ0) is 16.8. The summed E-state index contributed by atoms with van der Waals surface area (Å²) in [4.78, 5) is 0. The lowest BCUT2D eigenvalue weighted by Gasteiger charge is -2.10. The second kappa shape index (κ2) is 5.49. The molecule has 1 aliphatic rings. The van der Waals surface area contributed by atoms with Gasteiger partial charge < -0.3 is 4.74 Å². The molecule has 0 bridgehead atoms. The second-order valence-corrected chi connectivity index (χ2v) is 6.59. The molecule has 0 unspecified atom stereocenters. The maximum absolute atomic E-state index is 5.33. The fourth-order valence-corrected chi connectivity index (χ4v) is 3.95. The molecule has 0 spiro atoms. The van der Waals surface area contributed by atoms with Crippen molar-refractivity contribution in [2.75, 3.05) is 7.11 Å². The third kappa shape index (κ3) is 2.24. The van der Waals surface area contributed by atoms with Crippen LogP contribution >= 0.6 is 0 Å². The van der Waals surface area contributed by atoms with Crippen LogP contribution in [0.5, 0.6) is 5.75 Å². The van der Waals surface area contributed by atoms with Crippen molar-refractivity contribution in [2.24, 2.45) is 0 Å². The Morgan fingerprint density at radius 3 is 2.36 bits per heavy atom. The maximum Gasteiger partial charge on any atom is 0.119 e. The van der Waals surface area contributed by atoms with E-state index in [1.807, 2.05) is 6.07 Å². The van der Waals surface area contributed by atoms with Crippen LogP contribution in [-0.4, -0.2) is 7.11 Å². The van der Waals surface area contributed by atoms with Crippen molar-refractivity contribution in [3.05, 3.63) is 90.0 Å². The van der Waals surface area contributed by atoms with E-state index in [0.29, 0.717) is 0 Å². The van der Waals surface area contributed by atoms with Gasteiger partial charge in [0.1, 0.15) is 5.75 Å². The van der Waals surface area contributed by atoms with Gasteiger partial charge in [-0.25, -0.2) is 0 Å². The topological polar surface area (TPSA) is 9.23 Å². The van der Waals surface area contributed by atoms with E-state index in [1.54, 1.807) is 7.11 Å². The predicted molar refractivity (Wildman–Crippen MR) is 104 cm³/mol. The van der Waals surface area contributed by atoms with Gasteiger partial charge in [0.15, 0.2) is 0 Å². The fourth-order valence-electron chi connectivity index (χ4n) is 3.95. The zero-order valence-electron chi connectivity index (χ0n) is 14.1. The lowest BCUT2D eigenvalue weighted by Crippen LogP contribution is -1.88. The molecule has 0 N–H and O–H groups in total. The first kappa shape index (κ1) is 14.3.